The van der Waals surface area contributed by atoms with Gasteiger partial charge in [-0.25, -0.2) is 0 Å². The number of carbonyl (C=O) groups is 1. The number of rotatable bonds is 2. The van der Waals surface area contributed by atoms with Crippen LogP contribution in [0.2, 0.25) is 0 Å². The smallest absolute Gasteiger partial charge is 0.254 e. The summed E-state index contributed by atoms with van der Waals surface area (Å²) in [4.78, 5) is 17.4. The molecule has 0 bridgehead atoms. The van der Waals surface area contributed by atoms with Crippen molar-refractivity contribution in [3.05, 3.63) is 29.3 Å². The maximum absolute atomic E-state index is 12.8. The number of amides is 1. The maximum atomic E-state index is 12.8. The molecule has 0 saturated carbocycles. The number of anilines is 1. The van der Waals surface area contributed by atoms with Crippen molar-refractivity contribution in [1.29, 1.82) is 0 Å². The molecule has 5 heteroatoms. The number of hydrogen-bond donors (Lipinski definition) is 2. The van der Waals surface area contributed by atoms with E-state index in [0.29, 0.717) is 6.04 Å². The number of fused-ring (bicyclic) bond motifs is 1. The zero-order valence-corrected chi connectivity index (χ0v) is 12.6. The summed E-state index contributed by atoms with van der Waals surface area (Å²) < 4.78 is 0. The average Bonchev–Trinajstić information content (AvgIpc) is 2.83. The second-order valence-corrected chi connectivity index (χ2v) is 6.11. The van der Waals surface area contributed by atoms with E-state index in [9.17, 15) is 4.79 Å². The van der Waals surface area contributed by atoms with Gasteiger partial charge in [-0.15, -0.1) is 0 Å². The number of hydrazine groups is 1. The Morgan fingerprint density at radius 2 is 2.10 bits per heavy atom. The van der Waals surface area contributed by atoms with Crippen molar-refractivity contribution in [3.63, 3.8) is 0 Å². The highest BCUT2D eigenvalue weighted by molar-refractivity contribution is 5.96. The fraction of sp³-hybridized carbons (Fsp3) is 0.562. The highest BCUT2D eigenvalue weighted by atomic mass is 16.2. The SMILES string of the molecule is Cc1cc(NN)ccc1C(=O)N1CCCN2CCCC2C1. The molecule has 0 aromatic heterocycles. The van der Waals surface area contributed by atoms with Crippen molar-refractivity contribution < 1.29 is 4.79 Å². The minimum absolute atomic E-state index is 0.157. The highest BCUT2D eigenvalue weighted by Gasteiger charge is 2.31. The van der Waals surface area contributed by atoms with Crippen LogP contribution in [0.5, 0.6) is 0 Å². The van der Waals surface area contributed by atoms with Crippen LogP contribution >= 0.6 is 0 Å². The summed E-state index contributed by atoms with van der Waals surface area (Å²) in [6.07, 6.45) is 3.56. The first-order chi connectivity index (χ1) is 10.2. The van der Waals surface area contributed by atoms with E-state index in [-0.39, 0.29) is 5.91 Å². The molecule has 2 fully saturated rings. The van der Waals surface area contributed by atoms with Gasteiger partial charge in [-0.05, 0) is 56.5 Å². The van der Waals surface area contributed by atoms with Crippen LogP contribution in [0, 0.1) is 6.92 Å². The Kier molecular flexibility index (Phi) is 4.12. The number of benzene rings is 1. The van der Waals surface area contributed by atoms with E-state index in [1.54, 1.807) is 0 Å². The van der Waals surface area contributed by atoms with E-state index in [4.69, 9.17) is 5.84 Å². The molecule has 1 aromatic carbocycles. The molecule has 0 radical (unpaired) electrons. The van der Waals surface area contributed by atoms with Crippen molar-refractivity contribution in [1.82, 2.24) is 9.80 Å². The Labute approximate surface area is 126 Å². The summed E-state index contributed by atoms with van der Waals surface area (Å²) >= 11 is 0. The van der Waals surface area contributed by atoms with E-state index in [2.05, 4.69) is 10.3 Å². The third kappa shape index (κ3) is 2.89. The van der Waals surface area contributed by atoms with Crippen LogP contribution in [-0.4, -0.2) is 47.9 Å². The Morgan fingerprint density at radius 1 is 1.29 bits per heavy atom. The topological polar surface area (TPSA) is 61.6 Å². The van der Waals surface area contributed by atoms with Gasteiger partial charge in [0.05, 0.1) is 0 Å². The van der Waals surface area contributed by atoms with Gasteiger partial charge in [-0.3, -0.25) is 15.5 Å². The van der Waals surface area contributed by atoms with Gasteiger partial charge in [0.2, 0.25) is 0 Å². The third-order valence-electron chi connectivity index (χ3n) is 4.71. The fourth-order valence-electron chi connectivity index (χ4n) is 3.55. The lowest BCUT2D eigenvalue weighted by atomic mass is 10.1. The number of nitrogen functional groups attached to an aromatic ring is 1. The Morgan fingerprint density at radius 3 is 2.86 bits per heavy atom. The monoisotopic (exact) mass is 288 g/mol. The van der Waals surface area contributed by atoms with Crippen LogP contribution in [0.3, 0.4) is 0 Å². The number of hydrogen-bond acceptors (Lipinski definition) is 4. The predicted molar refractivity (Wildman–Crippen MR) is 84.1 cm³/mol. The summed E-state index contributed by atoms with van der Waals surface area (Å²) in [5.41, 5.74) is 5.22. The summed E-state index contributed by atoms with van der Waals surface area (Å²) in [5, 5.41) is 0. The number of carbonyl (C=O) groups excluding carboxylic acids is 1. The molecule has 2 aliphatic rings. The highest BCUT2D eigenvalue weighted by Crippen LogP contribution is 2.23. The van der Waals surface area contributed by atoms with Crippen molar-refractivity contribution in [2.45, 2.75) is 32.2 Å². The predicted octanol–water partition coefficient (Wildman–Crippen LogP) is 1.59. The second kappa shape index (κ2) is 6.03. The molecule has 1 amide bonds. The minimum atomic E-state index is 0.157. The van der Waals surface area contributed by atoms with Gasteiger partial charge in [0.25, 0.3) is 5.91 Å². The number of nitrogens with zero attached hydrogens (tertiary/aromatic N) is 2. The largest absolute Gasteiger partial charge is 0.337 e. The quantitative estimate of drug-likeness (QED) is 0.641. The Balaban J connectivity index is 1.77. The Bertz CT molecular complexity index is 531. The van der Waals surface area contributed by atoms with E-state index in [0.717, 1.165) is 42.9 Å². The molecule has 0 spiro atoms. The van der Waals surface area contributed by atoms with Crippen molar-refractivity contribution in [3.8, 4) is 0 Å². The molecule has 21 heavy (non-hydrogen) atoms. The zero-order valence-electron chi connectivity index (χ0n) is 12.6. The molecule has 3 N–H and O–H groups in total. The van der Waals surface area contributed by atoms with Crippen LogP contribution in [0.15, 0.2) is 18.2 Å². The second-order valence-electron chi connectivity index (χ2n) is 6.11. The molecule has 1 unspecified atom stereocenters. The van der Waals surface area contributed by atoms with Crippen molar-refractivity contribution in [2.24, 2.45) is 5.84 Å². The van der Waals surface area contributed by atoms with Crippen molar-refractivity contribution >= 4 is 11.6 Å². The van der Waals surface area contributed by atoms with Crippen LogP contribution in [0.1, 0.15) is 35.2 Å². The first-order valence-electron chi connectivity index (χ1n) is 7.79. The number of nitrogens with one attached hydrogen (secondary N) is 1. The normalized spacial score (nSPS) is 22.8. The molecule has 2 heterocycles. The summed E-state index contributed by atoms with van der Waals surface area (Å²) in [6, 6.07) is 6.22. The molecule has 114 valence electrons. The first-order valence-corrected chi connectivity index (χ1v) is 7.79. The van der Waals surface area contributed by atoms with Crippen molar-refractivity contribution in [2.75, 3.05) is 31.6 Å². The average molecular weight is 288 g/mol. The number of nitrogens with two attached hydrogens (primary N) is 1. The fourth-order valence-corrected chi connectivity index (χ4v) is 3.55. The maximum Gasteiger partial charge on any atom is 0.254 e. The number of aryl methyl sites for hydroxylation is 1. The molecule has 2 aliphatic heterocycles. The lowest BCUT2D eigenvalue weighted by Gasteiger charge is -2.26. The summed E-state index contributed by atoms with van der Waals surface area (Å²) in [5.74, 6) is 5.57. The van der Waals surface area contributed by atoms with E-state index < -0.39 is 0 Å². The standard InChI is InChI=1S/C16H24N4O/c1-12-10-13(18-17)5-6-15(12)16(21)20-9-3-8-19-7-2-4-14(19)11-20/h5-6,10,14,18H,2-4,7-9,11,17H2,1H3. The van der Waals surface area contributed by atoms with Crippen LogP contribution in [0.25, 0.3) is 0 Å². The van der Waals surface area contributed by atoms with Gasteiger partial charge >= 0.3 is 0 Å². The lowest BCUT2D eigenvalue weighted by Crippen LogP contribution is -2.39. The van der Waals surface area contributed by atoms with Gasteiger partial charge in [0.15, 0.2) is 0 Å². The molecular formula is C16H24N4O. The molecule has 5 nitrogen and oxygen atoms in total. The molecule has 2 saturated heterocycles. The van der Waals surface area contributed by atoms with Gasteiger partial charge in [0.1, 0.15) is 0 Å². The van der Waals surface area contributed by atoms with Gasteiger partial charge in [-0.1, -0.05) is 0 Å². The minimum Gasteiger partial charge on any atom is -0.337 e. The Hall–Kier alpha value is -1.59. The summed E-state index contributed by atoms with van der Waals surface area (Å²) in [7, 11) is 0. The molecule has 1 atom stereocenters. The van der Waals surface area contributed by atoms with Gasteiger partial charge in [0, 0.05) is 36.9 Å². The molecule has 3 rings (SSSR count). The van der Waals surface area contributed by atoms with Crippen LogP contribution < -0.4 is 11.3 Å². The lowest BCUT2D eigenvalue weighted by molar-refractivity contribution is 0.0743. The van der Waals surface area contributed by atoms with Crippen LogP contribution in [-0.2, 0) is 0 Å². The van der Waals surface area contributed by atoms with Gasteiger partial charge in [-0.2, -0.15) is 0 Å². The van der Waals surface area contributed by atoms with Gasteiger partial charge < -0.3 is 10.3 Å². The first kappa shape index (κ1) is 14.4. The molecule has 1 aromatic rings. The van der Waals surface area contributed by atoms with Crippen LogP contribution in [0.4, 0.5) is 5.69 Å². The van der Waals surface area contributed by atoms with E-state index in [1.165, 1.54) is 19.4 Å². The molecular weight excluding hydrogens is 264 g/mol. The third-order valence-corrected chi connectivity index (χ3v) is 4.71. The molecule has 0 aliphatic carbocycles. The summed E-state index contributed by atoms with van der Waals surface area (Å²) in [6.45, 7) is 6.02. The zero-order chi connectivity index (χ0) is 14.8. The van der Waals surface area contributed by atoms with E-state index in [1.807, 2.05) is 30.0 Å². The van der Waals surface area contributed by atoms with E-state index >= 15 is 0 Å².